The van der Waals surface area contributed by atoms with Gasteiger partial charge in [0.1, 0.15) is 5.65 Å². The van der Waals surface area contributed by atoms with Crippen LogP contribution in [0.15, 0.2) is 44.3 Å². The molecule has 0 aromatic carbocycles. The fourth-order valence-corrected chi connectivity index (χ4v) is 7.10. The van der Waals surface area contributed by atoms with E-state index in [9.17, 15) is 18.3 Å². The molecule has 3 heterocycles. The predicted molar refractivity (Wildman–Crippen MR) is 119 cm³/mol. The molecule has 0 saturated carbocycles. The van der Waals surface area contributed by atoms with Crippen LogP contribution in [0.1, 0.15) is 37.3 Å². The number of aromatic nitrogens is 2. The molecule has 6 nitrogen and oxygen atoms in total. The van der Waals surface area contributed by atoms with Crippen molar-refractivity contribution in [3.8, 4) is 0 Å². The molecule has 10 heteroatoms. The summed E-state index contributed by atoms with van der Waals surface area (Å²) in [5.74, 6) is -1.10. The van der Waals surface area contributed by atoms with Gasteiger partial charge in [0.25, 0.3) is 0 Å². The van der Waals surface area contributed by atoms with Crippen molar-refractivity contribution in [1.29, 1.82) is 0 Å². The molecule has 2 aliphatic rings. The van der Waals surface area contributed by atoms with Crippen molar-refractivity contribution < 1.29 is 18.3 Å². The Morgan fingerprint density at radius 1 is 1.40 bits per heavy atom. The number of rotatable bonds is 5. The Morgan fingerprint density at radius 2 is 2.17 bits per heavy atom. The van der Waals surface area contributed by atoms with E-state index >= 15 is 0 Å². The first kappa shape index (κ1) is 21.7. The van der Waals surface area contributed by atoms with Gasteiger partial charge >= 0.3 is 5.97 Å². The fraction of sp³-hybridized carbons (Fsp3) is 0.400. The summed E-state index contributed by atoms with van der Waals surface area (Å²) in [5.41, 5.74) is 1.42. The van der Waals surface area contributed by atoms with Crippen LogP contribution in [0, 0.1) is 0 Å². The molecule has 0 spiro atoms. The maximum Gasteiger partial charge on any atom is 0.304 e. The van der Waals surface area contributed by atoms with E-state index < -0.39 is 15.8 Å². The predicted octanol–water partition coefficient (Wildman–Crippen LogP) is 4.90. The Labute approximate surface area is 188 Å². The molecule has 4 rings (SSSR count). The number of carboxylic acid groups (broad SMARTS) is 1. The van der Waals surface area contributed by atoms with E-state index in [0.29, 0.717) is 34.1 Å². The number of nitrogens with zero attached hydrogens (tertiary/aromatic N) is 2. The molecule has 2 atom stereocenters. The number of carboxylic acids is 1. The molecular formula is C20H20Cl2N2O4S2. The number of aliphatic carboxylic acids is 1. The lowest BCUT2D eigenvalue weighted by Gasteiger charge is -2.26. The monoisotopic (exact) mass is 486 g/mol. The van der Waals surface area contributed by atoms with Crippen LogP contribution in [0.2, 0.25) is 0 Å². The molecule has 0 fully saturated rings. The SMILES string of the molecule is CS(=O)(=O)c1ccnc2c1c(SC1CC=C(Cl)C=C1Cl)c1n2CCCC1CC(=O)O. The Morgan fingerprint density at radius 3 is 2.83 bits per heavy atom. The standard InChI is InChI=1S/C20H20Cl2N2O4S2/c1-30(27,28)15-6-7-23-20-17(15)19(29-14-5-4-12(21)10-13(14)22)18-11(9-16(25)26)3-2-8-24(18)20/h4,6-7,10-11,14H,2-3,5,8-9H2,1H3,(H,25,26). The van der Waals surface area contributed by atoms with Crippen molar-refractivity contribution in [1.82, 2.24) is 9.55 Å². The van der Waals surface area contributed by atoms with E-state index in [4.69, 9.17) is 23.2 Å². The minimum Gasteiger partial charge on any atom is -0.481 e. The largest absolute Gasteiger partial charge is 0.481 e. The van der Waals surface area contributed by atoms with Crippen molar-refractivity contribution >= 4 is 61.8 Å². The van der Waals surface area contributed by atoms with E-state index in [-0.39, 0.29) is 22.5 Å². The van der Waals surface area contributed by atoms with Crippen molar-refractivity contribution in [3.63, 3.8) is 0 Å². The van der Waals surface area contributed by atoms with Gasteiger partial charge in [-0.15, -0.1) is 11.8 Å². The van der Waals surface area contributed by atoms with Crippen LogP contribution in [0.5, 0.6) is 0 Å². The summed E-state index contributed by atoms with van der Waals surface area (Å²) in [5, 5.41) is 11.0. The van der Waals surface area contributed by atoms with Gasteiger partial charge in [0, 0.05) is 50.8 Å². The number of fused-ring (bicyclic) bond motifs is 3. The number of thioether (sulfide) groups is 1. The average molecular weight is 487 g/mol. The number of aryl methyl sites for hydroxylation is 1. The molecule has 2 unspecified atom stereocenters. The van der Waals surface area contributed by atoms with Crippen LogP contribution in [0.4, 0.5) is 0 Å². The first-order valence-electron chi connectivity index (χ1n) is 9.49. The first-order valence-corrected chi connectivity index (χ1v) is 13.0. The molecule has 1 aliphatic heterocycles. The van der Waals surface area contributed by atoms with Crippen LogP contribution >= 0.6 is 35.0 Å². The summed E-state index contributed by atoms with van der Waals surface area (Å²) in [6.07, 6.45) is 8.37. The topological polar surface area (TPSA) is 89.3 Å². The second-order valence-corrected chi connectivity index (χ2v) is 11.6. The van der Waals surface area contributed by atoms with Crippen LogP contribution in [-0.4, -0.2) is 40.6 Å². The molecule has 0 bridgehead atoms. The Balaban J connectivity index is 1.96. The van der Waals surface area contributed by atoms with Crippen molar-refractivity contribution in [3.05, 3.63) is 40.2 Å². The van der Waals surface area contributed by atoms with Gasteiger partial charge in [-0.1, -0.05) is 29.3 Å². The molecule has 1 aliphatic carbocycles. The lowest BCUT2D eigenvalue weighted by Crippen LogP contribution is -2.19. The molecule has 1 N–H and O–H groups in total. The normalized spacial score (nSPS) is 21.8. The van der Waals surface area contributed by atoms with Crippen molar-refractivity contribution in [2.24, 2.45) is 0 Å². The van der Waals surface area contributed by atoms with Gasteiger partial charge in [-0.05, 0) is 31.4 Å². The summed E-state index contributed by atoms with van der Waals surface area (Å²) in [4.78, 5) is 17.0. The highest BCUT2D eigenvalue weighted by Gasteiger charge is 2.34. The molecule has 2 aromatic rings. The summed E-state index contributed by atoms with van der Waals surface area (Å²) < 4.78 is 27.1. The second-order valence-electron chi connectivity index (χ2n) is 7.54. The second kappa shape index (κ2) is 8.22. The summed E-state index contributed by atoms with van der Waals surface area (Å²) in [6.45, 7) is 0.669. The highest BCUT2D eigenvalue weighted by atomic mass is 35.5. The Kier molecular flexibility index (Phi) is 5.96. The van der Waals surface area contributed by atoms with Gasteiger partial charge < -0.3 is 9.67 Å². The highest BCUT2D eigenvalue weighted by Crippen LogP contribution is 2.48. The van der Waals surface area contributed by atoms with E-state index in [1.165, 1.54) is 30.3 Å². The zero-order chi connectivity index (χ0) is 21.6. The molecule has 30 heavy (non-hydrogen) atoms. The third kappa shape index (κ3) is 4.02. The van der Waals surface area contributed by atoms with Gasteiger partial charge in [-0.25, -0.2) is 13.4 Å². The van der Waals surface area contributed by atoms with Crippen LogP contribution in [-0.2, 0) is 21.2 Å². The smallest absolute Gasteiger partial charge is 0.304 e. The highest BCUT2D eigenvalue weighted by molar-refractivity contribution is 8.00. The van der Waals surface area contributed by atoms with Gasteiger partial charge in [0.15, 0.2) is 9.84 Å². The summed E-state index contributed by atoms with van der Waals surface area (Å²) in [7, 11) is -3.52. The summed E-state index contributed by atoms with van der Waals surface area (Å²) in [6, 6.07) is 1.51. The van der Waals surface area contributed by atoms with Gasteiger partial charge in [-0.2, -0.15) is 0 Å². The van der Waals surface area contributed by atoms with E-state index in [1.54, 1.807) is 6.08 Å². The number of halogens is 2. The number of hydrogen-bond acceptors (Lipinski definition) is 5. The first-order chi connectivity index (χ1) is 14.2. The molecule has 160 valence electrons. The van der Waals surface area contributed by atoms with Crippen molar-refractivity contribution in [2.75, 3.05) is 6.26 Å². The van der Waals surface area contributed by atoms with E-state index in [1.807, 2.05) is 10.6 Å². The molecular weight excluding hydrogens is 467 g/mol. The lowest BCUT2D eigenvalue weighted by molar-refractivity contribution is -0.137. The van der Waals surface area contributed by atoms with E-state index in [0.717, 1.165) is 23.4 Å². The number of hydrogen-bond donors (Lipinski definition) is 1. The number of carbonyl (C=O) groups is 1. The minimum atomic E-state index is -3.52. The maximum absolute atomic E-state index is 12.6. The van der Waals surface area contributed by atoms with Gasteiger partial charge in [0.05, 0.1) is 16.7 Å². The number of sulfone groups is 1. The van der Waals surface area contributed by atoms with Gasteiger partial charge in [-0.3, -0.25) is 4.79 Å². The quantitative estimate of drug-likeness (QED) is 0.645. The Bertz CT molecular complexity index is 1200. The zero-order valence-electron chi connectivity index (χ0n) is 16.1. The lowest BCUT2D eigenvalue weighted by atomic mass is 9.93. The van der Waals surface area contributed by atoms with Crippen LogP contribution < -0.4 is 0 Å². The summed E-state index contributed by atoms with van der Waals surface area (Å²) >= 11 is 14.0. The Hall–Kier alpha value is -1.48. The molecule has 0 amide bonds. The minimum absolute atomic E-state index is 0.0158. The fourth-order valence-electron chi connectivity index (χ4n) is 4.18. The van der Waals surface area contributed by atoms with Gasteiger partial charge in [0.2, 0.25) is 0 Å². The molecule has 2 aromatic heterocycles. The number of allylic oxidation sites excluding steroid dienone is 3. The maximum atomic E-state index is 12.6. The van der Waals surface area contributed by atoms with E-state index in [2.05, 4.69) is 4.98 Å². The van der Waals surface area contributed by atoms with Crippen molar-refractivity contribution in [2.45, 2.75) is 53.2 Å². The third-order valence-corrected chi connectivity index (χ3v) is 8.70. The third-order valence-electron chi connectivity index (χ3n) is 5.41. The van der Waals surface area contributed by atoms with Crippen LogP contribution in [0.3, 0.4) is 0 Å². The zero-order valence-corrected chi connectivity index (χ0v) is 19.3. The van der Waals surface area contributed by atoms with Crippen LogP contribution in [0.25, 0.3) is 11.0 Å². The molecule has 0 radical (unpaired) electrons. The average Bonchev–Trinajstić information content (AvgIpc) is 2.98. The number of pyridine rings is 1. The molecule has 0 saturated heterocycles.